The Kier molecular flexibility index (Phi) is 11.4. The third-order valence-electron chi connectivity index (χ3n) is 7.07. The van der Waals surface area contributed by atoms with Crippen LogP contribution in [0, 0.1) is 0 Å². The summed E-state index contributed by atoms with van der Waals surface area (Å²) in [5, 5.41) is 13.8. The second kappa shape index (κ2) is 14.7. The number of hydrogen-bond donors (Lipinski definition) is 3. The quantitative estimate of drug-likeness (QED) is 0.152. The van der Waals surface area contributed by atoms with E-state index in [1.165, 1.54) is 17.7 Å². The third-order valence-corrected chi connectivity index (χ3v) is 7.07. The molecule has 0 radical (unpaired) electrons. The van der Waals surface area contributed by atoms with Crippen LogP contribution in [0.2, 0.25) is 0 Å². The van der Waals surface area contributed by atoms with Crippen LogP contribution in [0.4, 0.5) is 0 Å². The van der Waals surface area contributed by atoms with E-state index in [0.717, 1.165) is 71.1 Å². The van der Waals surface area contributed by atoms with Crippen LogP contribution < -0.4 is 10.9 Å². The average molecular weight is 507 g/mol. The zero-order valence-electron chi connectivity index (χ0n) is 22.4. The Hall–Kier alpha value is -2.96. The highest BCUT2D eigenvalue weighted by molar-refractivity contribution is 6.09. The highest BCUT2D eigenvalue weighted by atomic mass is 16.5. The zero-order valence-corrected chi connectivity index (χ0v) is 22.4. The second-order valence-corrected chi connectivity index (χ2v) is 9.96. The Morgan fingerprint density at radius 2 is 1.68 bits per heavy atom. The highest BCUT2D eigenvalue weighted by Gasteiger charge is 2.30. The molecular weight excluding hydrogens is 464 g/mol. The summed E-state index contributed by atoms with van der Waals surface area (Å²) in [6.45, 7) is 7.06. The molecule has 0 amide bonds. The van der Waals surface area contributed by atoms with Crippen LogP contribution in [-0.2, 0) is 10.2 Å². The number of nitrogens with one attached hydrogen (secondary N) is 2. The largest absolute Gasteiger partial charge is 0.506 e. The normalized spacial score (nSPS) is 11.7. The molecule has 37 heavy (non-hydrogen) atoms. The number of carbonyl (C=O) groups excluding carboxylic acids is 1. The smallest absolute Gasteiger partial charge is 0.248 e. The Morgan fingerprint density at radius 3 is 2.41 bits per heavy atom. The van der Waals surface area contributed by atoms with Crippen molar-refractivity contribution in [2.75, 3.05) is 26.3 Å². The summed E-state index contributed by atoms with van der Waals surface area (Å²) in [6, 6.07) is 16.8. The summed E-state index contributed by atoms with van der Waals surface area (Å²) in [7, 11) is 0. The number of aromatic hydroxyl groups is 1. The van der Waals surface area contributed by atoms with E-state index in [1.54, 1.807) is 12.1 Å². The average Bonchev–Trinajstić information content (AvgIpc) is 2.90. The number of hydrogen-bond acceptors (Lipinski definition) is 5. The predicted molar refractivity (Wildman–Crippen MR) is 151 cm³/mol. The van der Waals surface area contributed by atoms with Gasteiger partial charge < -0.3 is 20.1 Å². The molecule has 3 aromatic rings. The van der Waals surface area contributed by atoms with E-state index in [4.69, 9.17) is 4.74 Å². The minimum atomic E-state index is -0.312. The standard InChI is InChI=1S/C31H42N2O4/c1-3-18-31(19-4-2,24-12-8-7-9-13-24)23-37-21-11-6-5-10-20-32-22-28(35)25-14-16-27(34)30-26(25)15-17-29(36)33-30/h7-9,12-17,32,34H,3-6,10-11,18-23H2,1-2H3,(H,33,36). The van der Waals surface area contributed by atoms with Crippen molar-refractivity contribution in [1.29, 1.82) is 0 Å². The fourth-order valence-corrected chi connectivity index (χ4v) is 5.24. The number of benzene rings is 2. The molecule has 0 atom stereocenters. The summed E-state index contributed by atoms with van der Waals surface area (Å²) < 4.78 is 6.22. The number of ketones is 1. The summed E-state index contributed by atoms with van der Waals surface area (Å²) in [5.41, 5.74) is 1.98. The molecule has 0 aliphatic heterocycles. The van der Waals surface area contributed by atoms with E-state index in [1.807, 2.05) is 0 Å². The van der Waals surface area contributed by atoms with Crippen molar-refractivity contribution in [2.24, 2.45) is 0 Å². The first-order valence-electron chi connectivity index (χ1n) is 13.7. The molecule has 2 aromatic carbocycles. The molecule has 6 heteroatoms. The maximum Gasteiger partial charge on any atom is 0.248 e. The zero-order chi connectivity index (χ0) is 26.5. The first kappa shape index (κ1) is 28.6. The lowest BCUT2D eigenvalue weighted by Crippen LogP contribution is -2.32. The first-order chi connectivity index (χ1) is 18.0. The van der Waals surface area contributed by atoms with Crippen molar-refractivity contribution in [3.05, 3.63) is 76.1 Å². The molecular formula is C31H42N2O4. The highest BCUT2D eigenvalue weighted by Crippen LogP contribution is 2.35. The van der Waals surface area contributed by atoms with Crippen LogP contribution in [0.3, 0.4) is 0 Å². The number of unbranched alkanes of at least 4 members (excludes halogenated alkanes) is 3. The molecule has 6 nitrogen and oxygen atoms in total. The molecule has 0 bridgehead atoms. The lowest BCUT2D eigenvalue weighted by atomic mass is 9.74. The van der Waals surface area contributed by atoms with E-state index in [0.29, 0.717) is 16.5 Å². The molecule has 1 heterocycles. The molecule has 0 unspecified atom stereocenters. The van der Waals surface area contributed by atoms with Gasteiger partial charge in [0.25, 0.3) is 0 Å². The number of pyridine rings is 1. The predicted octanol–water partition coefficient (Wildman–Crippen LogP) is 6.12. The molecule has 3 N–H and O–H groups in total. The van der Waals surface area contributed by atoms with Crippen LogP contribution in [0.15, 0.2) is 59.4 Å². The number of rotatable bonds is 17. The number of carbonyl (C=O) groups is 1. The number of aromatic amines is 1. The van der Waals surface area contributed by atoms with Crippen LogP contribution in [-0.4, -0.2) is 42.2 Å². The molecule has 3 rings (SSSR count). The van der Waals surface area contributed by atoms with Gasteiger partial charge in [-0.15, -0.1) is 0 Å². The van der Waals surface area contributed by atoms with E-state index < -0.39 is 0 Å². The minimum Gasteiger partial charge on any atom is -0.506 e. The van der Waals surface area contributed by atoms with E-state index in [-0.39, 0.29) is 29.1 Å². The van der Waals surface area contributed by atoms with Gasteiger partial charge in [-0.25, -0.2) is 0 Å². The van der Waals surface area contributed by atoms with Crippen molar-refractivity contribution in [3.8, 4) is 5.75 Å². The fraction of sp³-hybridized carbons (Fsp3) is 0.484. The van der Waals surface area contributed by atoms with Crippen LogP contribution >= 0.6 is 0 Å². The SMILES string of the molecule is CCCC(CCC)(COCCCCCCNCC(=O)c1ccc(O)c2[nH]c(=O)ccc12)c1ccccc1. The summed E-state index contributed by atoms with van der Waals surface area (Å²) in [6.07, 6.45) is 8.82. The van der Waals surface area contributed by atoms with Crippen molar-refractivity contribution >= 4 is 16.7 Å². The Morgan fingerprint density at radius 1 is 0.946 bits per heavy atom. The van der Waals surface area contributed by atoms with Gasteiger partial charge in [0.1, 0.15) is 5.75 Å². The molecule has 0 aliphatic carbocycles. The van der Waals surface area contributed by atoms with E-state index in [9.17, 15) is 14.7 Å². The van der Waals surface area contributed by atoms with Gasteiger partial charge in [0.2, 0.25) is 5.56 Å². The Balaban J connectivity index is 1.34. The summed E-state index contributed by atoms with van der Waals surface area (Å²) in [4.78, 5) is 26.8. The van der Waals surface area contributed by atoms with Crippen molar-refractivity contribution < 1.29 is 14.6 Å². The van der Waals surface area contributed by atoms with Crippen LogP contribution in [0.25, 0.3) is 10.9 Å². The first-order valence-corrected chi connectivity index (χ1v) is 13.7. The van der Waals surface area contributed by atoms with Crippen molar-refractivity contribution in [2.45, 2.75) is 70.6 Å². The monoisotopic (exact) mass is 506 g/mol. The van der Waals surface area contributed by atoms with Crippen molar-refractivity contribution in [3.63, 3.8) is 0 Å². The molecule has 200 valence electrons. The van der Waals surface area contributed by atoms with Crippen molar-refractivity contribution in [1.82, 2.24) is 10.3 Å². The number of ether oxygens (including phenoxy) is 1. The summed E-state index contributed by atoms with van der Waals surface area (Å²) in [5.74, 6) is -0.103. The lowest BCUT2D eigenvalue weighted by Gasteiger charge is -2.34. The second-order valence-electron chi connectivity index (χ2n) is 9.96. The van der Waals surface area contributed by atoms with Gasteiger partial charge in [-0.3, -0.25) is 9.59 Å². The molecule has 0 aliphatic rings. The van der Waals surface area contributed by atoms with E-state index >= 15 is 0 Å². The number of Topliss-reactive ketones (excluding diaryl/α,β-unsaturated/α-hetero) is 1. The minimum absolute atomic E-state index is 0.0392. The number of phenols is 1. The van der Waals surface area contributed by atoms with Gasteiger partial charge in [0.05, 0.1) is 18.7 Å². The molecule has 0 spiro atoms. The van der Waals surface area contributed by atoms with Gasteiger partial charge in [-0.1, -0.05) is 69.9 Å². The Labute approximate surface area is 220 Å². The number of fused-ring (bicyclic) bond motifs is 1. The number of phenolic OH excluding ortho intramolecular Hbond substituents is 1. The lowest BCUT2D eigenvalue weighted by molar-refractivity contribution is 0.0701. The maximum absolute atomic E-state index is 12.7. The number of aromatic nitrogens is 1. The fourth-order valence-electron chi connectivity index (χ4n) is 5.24. The molecule has 0 saturated carbocycles. The molecule has 0 fully saturated rings. The third kappa shape index (κ3) is 8.01. The summed E-state index contributed by atoms with van der Waals surface area (Å²) >= 11 is 0. The topological polar surface area (TPSA) is 91.4 Å². The molecule has 0 saturated heterocycles. The van der Waals surface area contributed by atoms with Gasteiger partial charge in [-0.05, 0) is 56.0 Å². The van der Waals surface area contributed by atoms with E-state index in [2.05, 4.69) is 54.5 Å². The van der Waals surface area contributed by atoms with Gasteiger partial charge in [0.15, 0.2) is 5.78 Å². The van der Waals surface area contributed by atoms with Gasteiger partial charge in [-0.2, -0.15) is 0 Å². The maximum atomic E-state index is 12.7. The molecule has 1 aromatic heterocycles. The van der Waals surface area contributed by atoms with Gasteiger partial charge in [0, 0.05) is 29.0 Å². The van der Waals surface area contributed by atoms with Crippen LogP contribution in [0.5, 0.6) is 5.75 Å². The Bertz CT molecular complexity index is 1170. The number of H-pyrrole nitrogens is 1. The van der Waals surface area contributed by atoms with Crippen LogP contribution in [0.1, 0.15) is 81.1 Å². The van der Waals surface area contributed by atoms with Gasteiger partial charge >= 0.3 is 0 Å².